The summed E-state index contributed by atoms with van der Waals surface area (Å²) in [5.41, 5.74) is -0.0710. The highest BCUT2D eigenvalue weighted by Gasteiger charge is 2.36. The summed E-state index contributed by atoms with van der Waals surface area (Å²) in [6.45, 7) is 13.1. The van der Waals surface area contributed by atoms with Crippen molar-refractivity contribution in [3.63, 3.8) is 0 Å². The molecule has 4 nitrogen and oxygen atoms in total. The number of nitrogens with zero attached hydrogens (tertiary/aromatic N) is 1. The van der Waals surface area contributed by atoms with Gasteiger partial charge < -0.3 is 20.6 Å². The third kappa shape index (κ3) is 3.91. The molecule has 0 aromatic carbocycles. The van der Waals surface area contributed by atoms with Crippen LogP contribution in [-0.2, 0) is 0 Å². The van der Waals surface area contributed by atoms with Crippen molar-refractivity contribution >= 4 is 0 Å². The first-order chi connectivity index (χ1) is 8.18. The summed E-state index contributed by atoms with van der Waals surface area (Å²) in [7, 11) is 0. The Morgan fingerprint density at radius 1 is 1.41 bits per heavy atom. The van der Waals surface area contributed by atoms with E-state index in [2.05, 4.69) is 36.3 Å². The predicted octanol–water partition coefficient (Wildman–Crippen LogP) is 0.278. The van der Waals surface area contributed by atoms with Gasteiger partial charge in [0.25, 0.3) is 0 Å². The number of aliphatic hydroxyl groups is 1. The van der Waals surface area contributed by atoms with E-state index in [0.29, 0.717) is 5.92 Å². The van der Waals surface area contributed by atoms with Gasteiger partial charge in [0.15, 0.2) is 0 Å². The average molecular weight is 243 g/mol. The lowest BCUT2D eigenvalue weighted by atomic mass is 9.80. The van der Waals surface area contributed by atoms with E-state index in [9.17, 15) is 5.11 Å². The molecule has 102 valence electrons. The molecule has 1 aliphatic heterocycles. The van der Waals surface area contributed by atoms with Crippen LogP contribution >= 0.6 is 0 Å². The van der Waals surface area contributed by atoms with E-state index in [1.54, 1.807) is 0 Å². The standard InChI is InChI=1S/C13H29N3O/c1-4-16(5-2)9-8-15-13(11-17)6-7-14-10-12(13)3/h12,14-15,17H,4-11H2,1-3H3. The van der Waals surface area contributed by atoms with Gasteiger partial charge in [-0.05, 0) is 38.5 Å². The molecule has 1 aliphatic rings. The summed E-state index contributed by atoms with van der Waals surface area (Å²) >= 11 is 0. The lowest BCUT2D eigenvalue weighted by Crippen LogP contribution is -2.61. The van der Waals surface area contributed by atoms with E-state index < -0.39 is 0 Å². The molecule has 1 fully saturated rings. The first-order valence-corrected chi connectivity index (χ1v) is 6.97. The summed E-state index contributed by atoms with van der Waals surface area (Å²) in [5, 5.41) is 16.7. The van der Waals surface area contributed by atoms with Gasteiger partial charge in [-0.2, -0.15) is 0 Å². The lowest BCUT2D eigenvalue weighted by molar-refractivity contribution is 0.0803. The van der Waals surface area contributed by atoms with Gasteiger partial charge in [0, 0.05) is 18.6 Å². The van der Waals surface area contributed by atoms with E-state index in [-0.39, 0.29) is 12.1 Å². The van der Waals surface area contributed by atoms with Crippen molar-refractivity contribution in [2.45, 2.75) is 32.7 Å². The van der Waals surface area contributed by atoms with Gasteiger partial charge in [0.2, 0.25) is 0 Å². The minimum atomic E-state index is -0.0710. The number of nitrogens with one attached hydrogen (secondary N) is 2. The molecule has 3 N–H and O–H groups in total. The number of likely N-dealkylation sites (N-methyl/N-ethyl adjacent to an activating group) is 1. The van der Waals surface area contributed by atoms with E-state index in [1.807, 2.05) is 0 Å². The van der Waals surface area contributed by atoms with Crippen LogP contribution in [0.15, 0.2) is 0 Å². The summed E-state index contributed by atoms with van der Waals surface area (Å²) in [5.74, 6) is 0.484. The smallest absolute Gasteiger partial charge is 0.0616 e. The van der Waals surface area contributed by atoms with E-state index in [4.69, 9.17) is 0 Å². The van der Waals surface area contributed by atoms with Crippen molar-refractivity contribution in [3.8, 4) is 0 Å². The Morgan fingerprint density at radius 2 is 2.12 bits per heavy atom. The monoisotopic (exact) mass is 243 g/mol. The van der Waals surface area contributed by atoms with Crippen LogP contribution in [0.3, 0.4) is 0 Å². The molecule has 0 spiro atoms. The largest absolute Gasteiger partial charge is 0.394 e. The molecule has 1 rings (SSSR count). The van der Waals surface area contributed by atoms with Crippen molar-refractivity contribution in [1.29, 1.82) is 0 Å². The number of rotatable bonds is 7. The Morgan fingerprint density at radius 3 is 2.65 bits per heavy atom. The maximum absolute atomic E-state index is 9.69. The molecule has 0 saturated carbocycles. The first-order valence-electron chi connectivity index (χ1n) is 6.97. The highest BCUT2D eigenvalue weighted by atomic mass is 16.3. The van der Waals surface area contributed by atoms with Crippen LogP contribution in [0.25, 0.3) is 0 Å². The van der Waals surface area contributed by atoms with Crippen molar-refractivity contribution < 1.29 is 5.11 Å². The zero-order chi connectivity index (χ0) is 12.7. The second kappa shape index (κ2) is 7.31. The molecule has 2 unspecified atom stereocenters. The van der Waals surface area contributed by atoms with Gasteiger partial charge in [-0.25, -0.2) is 0 Å². The summed E-state index contributed by atoms with van der Waals surface area (Å²) < 4.78 is 0. The molecular weight excluding hydrogens is 214 g/mol. The van der Waals surface area contributed by atoms with E-state index in [0.717, 1.165) is 45.7 Å². The van der Waals surface area contributed by atoms with Crippen LogP contribution in [0.1, 0.15) is 27.2 Å². The zero-order valence-corrected chi connectivity index (χ0v) is 11.6. The number of piperidine rings is 1. The second-order valence-electron chi connectivity index (χ2n) is 5.12. The quantitative estimate of drug-likeness (QED) is 0.601. The Hall–Kier alpha value is -0.160. The molecule has 0 aromatic rings. The van der Waals surface area contributed by atoms with Gasteiger partial charge in [0.1, 0.15) is 0 Å². The molecule has 0 aromatic heterocycles. The zero-order valence-electron chi connectivity index (χ0n) is 11.6. The maximum atomic E-state index is 9.69. The normalized spacial score (nSPS) is 29.8. The molecule has 0 aliphatic carbocycles. The SMILES string of the molecule is CCN(CC)CCNC1(CO)CCNCC1C. The molecule has 0 radical (unpaired) electrons. The second-order valence-corrected chi connectivity index (χ2v) is 5.12. The Balaban J connectivity index is 2.40. The fraction of sp³-hybridized carbons (Fsp3) is 1.00. The average Bonchev–Trinajstić information content (AvgIpc) is 2.37. The number of hydrogen-bond donors (Lipinski definition) is 3. The molecule has 0 bridgehead atoms. The molecule has 1 heterocycles. The summed E-state index contributed by atoms with van der Waals surface area (Å²) in [4.78, 5) is 2.41. The van der Waals surface area contributed by atoms with Gasteiger partial charge in [0.05, 0.1) is 6.61 Å². The van der Waals surface area contributed by atoms with Gasteiger partial charge in [-0.15, -0.1) is 0 Å². The van der Waals surface area contributed by atoms with Gasteiger partial charge in [-0.1, -0.05) is 20.8 Å². The summed E-state index contributed by atoms with van der Waals surface area (Å²) in [6.07, 6.45) is 1.02. The molecule has 2 atom stereocenters. The Kier molecular flexibility index (Phi) is 6.41. The Labute approximate surface area is 106 Å². The molecule has 0 amide bonds. The molecule has 1 saturated heterocycles. The topological polar surface area (TPSA) is 47.5 Å². The van der Waals surface area contributed by atoms with Crippen LogP contribution in [0.4, 0.5) is 0 Å². The fourth-order valence-electron chi connectivity index (χ4n) is 2.63. The predicted molar refractivity (Wildman–Crippen MR) is 72.3 cm³/mol. The lowest BCUT2D eigenvalue weighted by Gasteiger charge is -2.43. The highest BCUT2D eigenvalue weighted by Crippen LogP contribution is 2.23. The summed E-state index contributed by atoms with van der Waals surface area (Å²) in [6, 6.07) is 0. The van der Waals surface area contributed by atoms with Gasteiger partial charge in [-0.3, -0.25) is 0 Å². The fourth-order valence-corrected chi connectivity index (χ4v) is 2.63. The van der Waals surface area contributed by atoms with E-state index >= 15 is 0 Å². The molecule has 4 heteroatoms. The molecule has 17 heavy (non-hydrogen) atoms. The Bertz CT molecular complexity index is 209. The highest BCUT2D eigenvalue weighted by molar-refractivity contribution is 4.96. The minimum absolute atomic E-state index is 0.0710. The number of hydrogen-bond acceptors (Lipinski definition) is 4. The maximum Gasteiger partial charge on any atom is 0.0616 e. The van der Waals surface area contributed by atoms with Crippen LogP contribution in [-0.4, -0.2) is 61.4 Å². The first kappa shape index (κ1) is 14.9. The van der Waals surface area contributed by atoms with E-state index in [1.165, 1.54) is 0 Å². The van der Waals surface area contributed by atoms with Crippen LogP contribution < -0.4 is 10.6 Å². The third-order valence-electron chi connectivity index (χ3n) is 4.22. The third-order valence-corrected chi connectivity index (χ3v) is 4.22. The minimum Gasteiger partial charge on any atom is -0.394 e. The van der Waals surface area contributed by atoms with Crippen molar-refractivity contribution in [1.82, 2.24) is 15.5 Å². The van der Waals surface area contributed by atoms with Crippen molar-refractivity contribution in [2.75, 3.05) is 45.9 Å². The van der Waals surface area contributed by atoms with Gasteiger partial charge >= 0.3 is 0 Å². The molecular formula is C13H29N3O. The number of aliphatic hydroxyl groups excluding tert-OH is 1. The van der Waals surface area contributed by atoms with Crippen LogP contribution in [0.5, 0.6) is 0 Å². The van der Waals surface area contributed by atoms with Crippen molar-refractivity contribution in [2.24, 2.45) is 5.92 Å². The van der Waals surface area contributed by atoms with Crippen LogP contribution in [0.2, 0.25) is 0 Å². The van der Waals surface area contributed by atoms with Crippen LogP contribution in [0, 0.1) is 5.92 Å². The van der Waals surface area contributed by atoms with Crippen molar-refractivity contribution in [3.05, 3.63) is 0 Å².